The van der Waals surface area contributed by atoms with Crippen LogP contribution < -0.4 is 10.1 Å². The van der Waals surface area contributed by atoms with Crippen molar-refractivity contribution in [2.75, 3.05) is 19.7 Å². The quantitative estimate of drug-likeness (QED) is 0.146. The normalized spacial score (nSPS) is 12.5. The number of aryl methyl sites for hydroxylation is 2. The van der Waals surface area contributed by atoms with Gasteiger partial charge in [0.2, 0.25) is 0 Å². The number of hydrogen-bond donors (Lipinski definition) is 2. The highest BCUT2D eigenvalue weighted by molar-refractivity contribution is 6.35. The predicted molar refractivity (Wildman–Crippen MR) is 201 cm³/mol. The SMILES string of the molecule is CCNCC.CCc1c2c(nn1C)COCc1ccccc1Cn1c(C(=O)O)c(CCCOc3cccc4cc(F)ccc34)c3ccc(Cl)c-2c31. The number of carbonyl (C=O) groups is 1. The van der Waals surface area contributed by atoms with Crippen molar-refractivity contribution in [3.8, 4) is 16.9 Å². The van der Waals surface area contributed by atoms with Crippen molar-refractivity contribution in [2.24, 2.45) is 7.05 Å². The Morgan fingerprint density at radius 1 is 0.980 bits per heavy atom. The highest BCUT2D eigenvalue weighted by Crippen LogP contribution is 2.43. The van der Waals surface area contributed by atoms with Gasteiger partial charge in [-0.05, 0) is 84.8 Å². The first-order chi connectivity index (χ1) is 24.8. The molecule has 0 saturated heterocycles. The average molecular weight is 711 g/mol. The van der Waals surface area contributed by atoms with E-state index in [-0.39, 0.29) is 11.5 Å². The summed E-state index contributed by atoms with van der Waals surface area (Å²) in [7, 11) is 1.92. The number of nitrogens with zero attached hydrogens (tertiary/aromatic N) is 3. The standard InChI is InChI=1S/C37H33ClFN3O4.C4H11N/c1-3-31-34-30(40-41(31)2)21-45-20-24-9-5-4-8-23(24)19-42-35-28(15-16-29(38)33(34)35)27(36(42)37(43)44)11-7-17-46-32-12-6-10-22-18-25(39)13-14-26(22)32;1-3-5-4-2/h4-6,8-10,12-16,18H,3,7,11,17,19-21H2,1-2H3,(H,43,44);5H,3-4H2,1-2H3. The van der Waals surface area contributed by atoms with E-state index in [1.54, 1.807) is 6.07 Å². The Labute approximate surface area is 302 Å². The highest BCUT2D eigenvalue weighted by Gasteiger charge is 2.29. The summed E-state index contributed by atoms with van der Waals surface area (Å²) in [4.78, 5) is 13.2. The number of halogens is 2. The van der Waals surface area contributed by atoms with Gasteiger partial charge in [-0.1, -0.05) is 74.8 Å². The van der Waals surface area contributed by atoms with Crippen LogP contribution in [0.3, 0.4) is 0 Å². The second-order valence-electron chi connectivity index (χ2n) is 12.6. The highest BCUT2D eigenvalue weighted by atomic mass is 35.5. The summed E-state index contributed by atoms with van der Waals surface area (Å²) in [6.07, 6.45) is 1.75. The number of carboxylic acids is 1. The third kappa shape index (κ3) is 7.38. The van der Waals surface area contributed by atoms with E-state index in [4.69, 9.17) is 26.2 Å². The first-order valence-corrected chi connectivity index (χ1v) is 17.9. The van der Waals surface area contributed by atoms with Crippen LogP contribution in [0, 0.1) is 5.82 Å². The number of rotatable bonds is 9. The zero-order valence-corrected chi connectivity index (χ0v) is 30.3. The van der Waals surface area contributed by atoms with Gasteiger partial charge in [0.15, 0.2) is 0 Å². The fraction of sp³-hybridized carbons (Fsp3) is 0.317. The van der Waals surface area contributed by atoms with E-state index in [1.807, 2.05) is 70.9 Å². The Kier molecular flexibility index (Phi) is 11.4. The second-order valence-corrected chi connectivity index (χ2v) is 13.0. The molecule has 0 atom stereocenters. The van der Waals surface area contributed by atoms with Crippen molar-refractivity contribution < 1.29 is 23.8 Å². The fourth-order valence-electron chi connectivity index (χ4n) is 7.11. The molecule has 0 fully saturated rings. The van der Waals surface area contributed by atoms with E-state index in [1.165, 1.54) is 12.1 Å². The number of nitrogens with one attached hydrogen (secondary N) is 1. The Bertz CT molecular complexity index is 2190. The van der Waals surface area contributed by atoms with Crippen LogP contribution in [0.2, 0.25) is 5.02 Å². The number of aromatic nitrogens is 3. The molecule has 2 aromatic heterocycles. The van der Waals surface area contributed by atoms with Gasteiger partial charge < -0.3 is 24.5 Å². The summed E-state index contributed by atoms with van der Waals surface area (Å²) in [6.45, 7) is 9.82. The number of hydrogen-bond acceptors (Lipinski definition) is 5. The van der Waals surface area contributed by atoms with Crippen molar-refractivity contribution in [1.82, 2.24) is 19.7 Å². The molecule has 8 nitrogen and oxygen atoms in total. The minimum absolute atomic E-state index is 0.234. The van der Waals surface area contributed by atoms with Crippen molar-refractivity contribution in [3.63, 3.8) is 0 Å². The summed E-state index contributed by atoms with van der Waals surface area (Å²) in [6, 6.07) is 21.9. The average Bonchev–Trinajstić information content (AvgIpc) is 3.59. The topological polar surface area (TPSA) is 90.5 Å². The maximum Gasteiger partial charge on any atom is 0.352 e. The lowest BCUT2D eigenvalue weighted by Crippen LogP contribution is -2.13. The smallest absolute Gasteiger partial charge is 0.352 e. The van der Waals surface area contributed by atoms with E-state index in [2.05, 4.69) is 26.1 Å². The van der Waals surface area contributed by atoms with Crippen LogP contribution in [0.1, 0.15) is 65.8 Å². The molecule has 2 N–H and O–H groups in total. The minimum Gasteiger partial charge on any atom is -0.493 e. The van der Waals surface area contributed by atoms with E-state index in [9.17, 15) is 14.3 Å². The zero-order chi connectivity index (χ0) is 36.1. The Morgan fingerprint density at radius 2 is 1.75 bits per heavy atom. The molecule has 0 unspecified atom stereocenters. The van der Waals surface area contributed by atoms with Gasteiger partial charge in [-0.2, -0.15) is 5.10 Å². The van der Waals surface area contributed by atoms with Crippen LogP contribution in [0.25, 0.3) is 32.8 Å². The lowest BCUT2D eigenvalue weighted by atomic mass is 9.97. The first-order valence-electron chi connectivity index (χ1n) is 17.5. The molecule has 0 radical (unpaired) electrons. The largest absolute Gasteiger partial charge is 0.493 e. The monoisotopic (exact) mass is 710 g/mol. The molecule has 0 spiro atoms. The molecule has 1 aliphatic rings. The Balaban J connectivity index is 0.000000839. The molecular weight excluding hydrogens is 667 g/mol. The summed E-state index contributed by atoms with van der Waals surface area (Å²) < 4.78 is 29.9. The minimum atomic E-state index is -1.00. The Morgan fingerprint density at radius 3 is 2.47 bits per heavy atom. The van der Waals surface area contributed by atoms with Gasteiger partial charge in [0, 0.05) is 41.2 Å². The van der Waals surface area contributed by atoms with Crippen LogP contribution in [-0.4, -0.2) is 45.1 Å². The number of benzene rings is 4. The van der Waals surface area contributed by atoms with E-state index in [0.29, 0.717) is 56.4 Å². The van der Waals surface area contributed by atoms with E-state index >= 15 is 0 Å². The lowest BCUT2D eigenvalue weighted by molar-refractivity contribution is 0.0684. The molecule has 51 heavy (non-hydrogen) atoms. The molecule has 0 bridgehead atoms. The fourth-order valence-corrected chi connectivity index (χ4v) is 7.36. The van der Waals surface area contributed by atoms with Crippen LogP contribution in [0.5, 0.6) is 5.75 Å². The van der Waals surface area contributed by atoms with Crippen molar-refractivity contribution in [1.29, 1.82) is 0 Å². The molecule has 1 aliphatic heterocycles. The van der Waals surface area contributed by atoms with Gasteiger partial charge in [0.05, 0.1) is 36.1 Å². The zero-order valence-electron chi connectivity index (χ0n) is 29.6. The number of ether oxygens (including phenoxy) is 2. The van der Waals surface area contributed by atoms with Crippen molar-refractivity contribution >= 4 is 39.2 Å². The maximum absolute atomic E-state index is 13.8. The van der Waals surface area contributed by atoms with Crippen LogP contribution in [0.15, 0.2) is 72.8 Å². The molecule has 0 amide bonds. The van der Waals surface area contributed by atoms with Gasteiger partial charge in [-0.25, -0.2) is 9.18 Å². The predicted octanol–water partition coefficient (Wildman–Crippen LogP) is 8.95. The molecule has 266 valence electrons. The van der Waals surface area contributed by atoms with Gasteiger partial charge in [-0.15, -0.1) is 0 Å². The Hall–Kier alpha value is -4.70. The molecule has 0 saturated carbocycles. The molecule has 4 aromatic carbocycles. The van der Waals surface area contributed by atoms with Gasteiger partial charge >= 0.3 is 5.97 Å². The number of carboxylic acid groups (broad SMARTS) is 1. The third-order valence-corrected chi connectivity index (χ3v) is 9.69. The number of aromatic carboxylic acids is 1. The maximum atomic E-state index is 13.8. The summed E-state index contributed by atoms with van der Waals surface area (Å²) in [5, 5.41) is 21.7. The summed E-state index contributed by atoms with van der Waals surface area (Å²) in [5.74, 6) is -0.639. The summed E-state index contributed by atoms with van der Waals surface area (Å²) >= 11 is 7.05. The first kappa shape index (κ1) is 36.1. The van der Waals surface area contributed by atoms with Gasteiger partial charge in [-0.3, -0.25) is 4.68 Å². The van der Waals surface area contributed by atoms with Crippen LogP contribution in [0.4, 0.5) is 4.39 Å². The molecule has 6 aromatic rings. The summed E-state index contributed by atoms with van der Waals surface area (Å²) in [5.41, 5.74) is 7.14. The molecule has 10 heteroatoms. The van der Waals surface area contributed by atoms with Crippen molar-refractivity contribution in [2.45, 2.75) is 59.8 Å². The molecule has 7 rings (SSSR count). The van der Waals surface area contributed by atoms with E-state index < -0.39 is 5.97 Å². The molecular formula is C41H44ClFN4O4. The molecule has 3 heterocycles. The third-order valence-electron chi connectivity index (χ3n) is 9.38. The van der Waals surface area contributed by atoms with Gasteiger partial charge in [0.25, 0.3) is 0 Å². The van der Waals surface area contributed by atoms with Gasteiger partial charge in [0.1, 0.15) is 17.3 Å². The van der Waals surface area contributed by atoms with Crippen LogP contribution >= 0.6 is 11.6 Å². The van der Waals surface area contributed by atoms with E-state index in [0.717, 1.165) is 74.0 Å². The lowest BCUT2D eigenvalue weighted by Gasteiger charge is -2.15. The molecule has 0 aliphatic carbocycles. The van der Waals surface area contributed by atoms with Crippen molar-refractivity contribution in [3.05, 3.63) is 117 Å². The second kappa shape index (κ2) is 16.1. The van der Waals surface area contributed by atoms with Crippen LogP contribution in [-0.2, 0) is 44.4 Å². The number of fused-ring (bicyclic) bond motifs is 4.